The van der Waals surface area contributed by atoms with Crippen LogP contribution in [0.1, 0.15) is 30.9 Å². The van der Waals surface area contributed by atoms with Crippen LogP contribution in [-0.2, 0) is 5.41 Å². The molecule has 0 saturated carbocycles. The molecule has 0 bridgehead atoms. The summed E-state index contributed by atoms with van der Waals surface area (Å²) in [6.07, 6.45) is 9.14. The zero-order valence-electron chi connectivity index (χ0n) is 25.4. The van der Waals surface area contributed by atoms with Gasteiger partial charge in [0, 0.05) is 33.6 Å². The Labute approximate surface area is 263 Å². The van der Waals surface area contributed by atoms with Gasteiger partial charge in [0.25, 0.3) is 0 Å². The zero-order chi connectivity index (χ0) is 30.1. The molecule has 0 saturated heterocycles. The van der Waals surface area contributed by atoms with Crippen LogP contribution < -0.4 is 4.90 Å². The average Bonchev–Trinajstić information content (AvgIpc) is 3.58. The van der Waals surface area contributed by atoms with Gasteiger partial charge < -0.3 is 9.32 Å². The first-order valence-corrected chi connectivity index (χ1v) is 15.9. The van der Waals surface area contributed by atoms with E-state index in [9.17, 15) is 0 Å². The lowest BCUT2D eigenvalue weighted by molar-refractivity contribution is 0.394. The molecule has 6 aromatic carbocycles. The minimum absolute atomic E-state index is 0.0366. The summed E-state index contributed by atoms with van der Waals surface area (Å²) in [6, 6.07) is 45.9. The van der Waals surface area contributed by atoms with Crippen molar-refractivity contribution in [1.82, 2.24) is 0 Å². The summed E-state index contributed by atoms with van der Waals surface area (Å²) >= 11 is 0. The van der Waals surface area contributed by atoms with Crippen molar-refractivity contribution in [2.75, 3.05) is 4.90 Å². The second kappa shape index (κ2) is 9.84. The van der Waals surface area contributed by atoms with Gasteiger partial charge in [-0.15, -0.1) is 0 Å². The van der Waals surface area contributed by atoms with E-state index >= 15 is 0 Å². The maximum Gasteiger partial charge on any atom is 0.159 e. The summed E-state index contributed by atoms with van der Waals surface area (Å²) in [7, 11) is 0. The number of fused-ring (bicyclic) bond motifs is 8. The molecule has 1 aromatic heterocycles. The maximum absolute atomic E-state index is 7.07. The molecule has 2 aliphatic carbocycles. The number of benzene rings is 6. The third-order valence-electron chi connectivity index (χ3n) is 10.1. The smallest absolute Gasteiger partial charge is 0.159 e. The number of hydrogen-bond donors (Lipinski definition) is 0. The Kier molecular flexibility index (Phi) is 5.70. The molecule has 0 aliphatic heterocycles. The molecule has 7 aromatic rings. The van der Waals surface area contributed by atoms with Crippen molar-refractivity contribution in [3.63, 3.8) is 0 Å². The van der Waals surface area contributed by atoms with E-state index in [0.29, 0.717) is 11.8 Å². The van der Waals surface area contributed by atoms with Gasteiger partial charge >= 0.3 is 0 Å². The van der Waals surface area contributed by atoms with Gasteiger partial charge in [-0.3, -0.25) is 0 Å². The summed E-state index contributed by atoms with van der Waals surface area (Å²) in [5.74, 6) is 0.739. The molecule has 2 atom stereocenters. The molecule has 2 nitrogen and oxygen atoms in total. The SMILES string of the molecule is CC1(C)c2ccc3c(oc4c(N(c5ccc(-c6ccccc6)cc5)c5ccc6ccccc6c5)cccc43)c2[C@H]2C=CC=CC21. The van der Waals surface area contributed by atoms with Crippen molar-refractivity contribution in [2.24, 2.45) is 5.92 Å². The van der Waals surface area contributed by atoms with Crippen molar-refractivity contribution in [3.05, 3.63) is 163 Å². The zero-order valence-corrected chi connectivity index (χ0v) is 25.4. The summed E-state index contributed by atoms with van der Waals surface area (Å²) in [5.41, 5.74) is 10.3. The maximum atomic E-state index is 7.07. The molecule has 0 amide bonds. The van der Waals surface area contributed by atoms with E-state index in [1.807, 2.05) is 0 Å². The topological polar surface area (TPSA) is 16.4 Å². The van der Waals surface area contributed by atoms with E-state index < -0.39 is 0 Å². The Bertz CT molecular complexity index is 2300. The number of furan rings is 1. The predicted octanol–water partition coefficient (Wildman–Crippen LogP) is 12.0. The number of hydrogen-bond acceptors (Lipinski definition) is 2. The highest BCUT2D eigenvalue weighted by Gasteiger charge is 2.46. The van der Waals surface area contributed by atoms with Crippen LogP contribution in [-0.4, -0.2) is 0 Å². The highest BCUT2D eigenvalue weighted by Crippen LogP contribution is 2.56. The van der Waals surface area contributed by atoms with E-state index in [-0.39, 0.29) is 5.41 Å². The monoisotopic (exact) mass is 579 g/mol. The highest BCUT2D eigenvalue weighted by atomic mass is 16.3. The van der Waals surface area contributed by atoms with Gasteiger partial charge in [0.2, 0.25) is 0 Å². The third-order valence-corrected chi connectivity index (χ3v) is 10.1. The second-order valence-corrected chi connectivity index (χ2v) is 13.0. The molecule has 0 spiro atoms. The van der Waals surface area contributed by atoms with E-state index in [1.165, 1.54) is 38.4 Å². The van der Waals surface area contributed by atoms with Crippen molar-refractivity contribution in [2.45, 2.75) is 25.2 Å². The number of allylic oxidation sites excluding steroid dienone is 4. The van der Waals surface area contributed by atoms with Gasteiger partial charge in [0.05, 0.1) is 5.69 Å². The van der Waals surface area contributed by atoms with Crippen molar-refractivity contribution in [1.29, 1.82) is 0 Å². The molecule has 2 aliphatic rings. The van der Waals surface area contributed by atoms with Crippen LogP contribution in [0.25, 0.3) is 43.8 Å². The van der Waals surface area contributed by atoms with Gasteiger partial charge in [0.1, 0.15) is 5.58 Å². The summed E-state index contributed by atoms with van der Waals surface area (Å²) in [4.78, 5) is 2.35. The Morgan fingerprint density at radius 3 is 2.13 bits per heavy atom. The largest absolute Gasteiger partial charge is 0.454 e. The fourth-order valence-corrected chi connectivity index (χ4v) is 7.87. The van der Waals surface area contributed by atoms with Gasteiger partial charge in [0.15, 0.2) is 5.58 Å². The molecular formula is C43H33NO. The predicted molar refractivity (Wildman–Crippen MR) is 189 cm³/mol. The van der Waals surface area contributed by atoms with Crippen LogP contribution in [0, 0.1) is 5.92 Å². The molecule has 216 valence electrons. The molecule has 1 heterocycles. The lowest BCUT2D eigenvalue weighted by Crippen LogP contribution is -2.24. The van der Waals surface area contributed by atoms with Crippen LogP contribution in [0.3, 0.4) is 0 Å². The standard InChI is InChI=1S/C43H33NO/c1-43(2)37-17-9-8-15-36(37)40-38(43)26-25-35-34-16-10-18-39(41(34)45-42(35)40)44(33-24-21-29-13-6-7-14-31(29)27-33)32-22-19-30(20-23-32)28-11-4-3-5-12-28/h3-27,36-37H,1-2H3/t36-,37?/m0/s1. The van der Waals surface area contributed by atoms with Crippen LogP contribution in [0.15, 0.2) is 156 Å². The summed E-state index contributed by atoms with van der Waals surface area (Å²) in [5, 5.41) is 4.77. The first kappa shape index (κ1) is 26.1. The Morgan fingerprint density at radius 2 is 1.29 bits per heavy atom. The van der Waals surface area contributed by atoms with Crippen molar-refractivity contribution >= 4 is 49.8 Å². The lowest BCUT2D eigenvalue weighted by atomic mass is 9.74. The number of para-hydroxylation sites is 1. The minimum Gasteiger partial charge on any atom is -0.454 e. The fraction of sp³-hybridized carbons (Fsp3) is 0.116. The average molecular weight is 580 g/mol. The Morgan fingerprint density at radius 1 is 0.578 bits per heavy atom. The van der Waals surface area contributed by atoms with E-state index in [0.717, 1.165) is 33.6 Å². The van der Waals surface area contributed by atoms with Crippen LogP contribution in [0.4, 0.5) is 17.1 Å². The lowest BCUT2D eigenvalue weighted by Gasteiger charge is -2.29. The molecular weight excluding hydrogens is 546 g/mol. The highest BCUT2D eigenvalue weighted by molar-refractivity contribution is 6.11. The van der Waals surface area contributed by atoms with E-state index in [4.69, 9.17) is 4.42 Å². The normalized spacial score (nSPS) is 18.0. The van der Waals surface area contributed by atoms with E-state index in [2.05, 4.69) is 170 Å². The molecule has 0 fully saturated rings. The second-order valence-electron chi connectivity index (χ2n) is 13.0. The molecule has 1 unspecified atom stereocenters. The van der Waals surface area contributed by atoms with Gasteiger partial charge in [-0.1, -0.05) is 135 Å². The minimum atomic E-state index is 0.0366. The summed E-state index contributed by atoms with van der Waals surface area (Å²) in [6.45, 7) is 4.75. The molecule has 0 N–H and O–H groups in total. The van der Waals surface area contributed by atoms with Gasteiger partial charge in [-0.05, 0) is 69.1 Å². The molecule has 0 radical (unpaired) electrons. The first-order valence-electron chi connectivity index (χ1n) is 15.9. The van der Waals surface area contributed by atoms with Crippen molar-refractivity contribution in [3.8, 4) is 11.1 Å². The molecule has 2 heteroatoms. The van der Waals surface area contributed by atoms with Crippen LogP contribution in [0.5, 0.6) is 0 Å². The molecule has 45 heavy (non-hydrogen) atoms. The van der Waals surface area contributed by atoms with Crippen LogP contribution in [0.2, 0.25) is 0 Å². The Balaban J connectivity index is 1.27. The molecule has 9 rings (SSSR count). The van der Waals surface area contributed by atoms with Crippen LogP contribution >= 0.6 is 0 Å². The Hall–Kier alpha value is -5.34. The fourth-order valence-electron chi connectivity index (χ4n) is 7.87. The first-order chi connectivity index (χ1) is 22.1. The van der Waals surface area contributed by atoms with Crippen molar-refractivity contribution < 1.29 is 4.42 Å². The third kappa shape index (κ3) is 3.95. The van der Waals surface area contributed by atoms with E-state index in [1.54, 1.807) is 0 Å². The number of rotatable bonds is 4. The number of nitrogens with zero attached hydrogens (tertiary/aromatic N) is 1. The summed E-state index contributed by atoms with van der Waals surface area (Å²) < 4.78 is 7.07. The van der Waals surface area contributed by atoms with Gasteiger partial charge in [-0.25, -0.2) is 0 Å². The van der Waals surface area contributed by atoms with Gasteiger partial charge in [-0.2, -0.15) is 0 Å². The number of anilines is 3. The quantitative estimate of drug-likeness (QED) is 0.206.